The second kappa shape index (κ2) is 9.35. The molecule has 0 aromatic heterocycles. The molecule has 0 heterocycles. The Morgan fingerprint density at radius 1 is 1.29 bits per heavy atom. The molecule has 0 saturated heterocycles. The van der Waals surface area contributed by atoms with Crippen LogP contribution in [0, 0.1) is 0 Å². The first-order valence-corrected chi connectivity index (χ1v) is 7.55. The lowest BCUT2D eigenvalue weighted by molar-refractivity contribution is -0.167. The van der Waals surface area contributed by atoms with Crippen molar-refractivity contribution in [3.8, 4) is 0 Å². The molecule has 2 rings (SSSR count). The first-order valence-electron chi connectivity index (χ1n) is 7.55. The molecule has 3 nitrogen and oxygen atoms in total. The smallest absolute Gasteiger partial charge is 0.338 e. The summed E-state index contributed by atoms with van der Waals surface area (Å²) in [5.41, 5.74) is 0.711. The van der Waals surface area contributed by atoms with Crippen molar-refractivity contribution in [2.24, 2.45) is 0 Å². The minimum atomic E-state index is -0.615. The number of hydrogen-bond acceptors (Lipinski definition) is 3. The summed E-state index contributed by atoms with van der Waals surface area (Å²) in [7, 11) is 1.59. The van der Waals surface area contributed by atoms with Gasteiger partial charge in [-0.2, -0.15) is 0 Å². The summed E-state index contributed by atoms with van der Waals surface area (Å²) in [6, 6.07) is 10.3. The van der Waals surface area contributed by atoms with Gasteiger partial charge in [-0.15, -0.1) is 6.58 Å². The Bertz CT molecular complexity index is 419. The quantitative estimate of drug-likeness (QED) is 0.609. The van der Waals surface area contributed by atoms with Gasteiger partial charge in [-0.3, -0.25) is 0 Å². The van der Waals surface area contributed by atoms with Crippen molar-refractivity contribution in [1.82, 2.24) is 0 Å². The van der Waals surface area contributed by atoms with Crippen LogP contribution < -0.4 is 0 Å². The molecule has 1 fully saturated rings. The van der Waals surface area contributed by atoms with Gasteiger partial charge in [0.05, 0.1) is 6.61 Å². The lowest BCUT2D eigenvalue weighted by Crippen LogP contribution is -2.39. The van der Waals surface area contributed by atoms with Gasteiger partial charge in [-0.1, -0.05) is 36.4 Å². The van der Waals surface area contributed by atoms with E-state index >= 15 is 0 Å². The molecule has 0 unspecified atom stereocenters. The lowest BCUT2D eigenvalue weighted by Gasteiger charge is -2.24. The van der Waals surface area contributed by atoms with Crippen LogP contribution in [0.5, 0.6) is 0 Å². The van der Waals surface area contributed by atoms with Gasteiger partial charge in [0.25, 0.3) is 0 Å². The standard InChI is InChI=1S/C9H16O3.C9H10/c1-3-12-8(10)9(11-2)6-4-5-7-9;1-2-6-9-7-4-3-5-8-9/h3-7H2,1-2H3;2-5,7-8H,1,6H2. The molecule has 116 valence electrons. The van der Waals surface area contributed by atoms with Gasteiger partial charge in [-0.05, 0) is 44.6 Å². The first kappa shape index (κ1) is 17.4. The monoisotopic (exact) mass is 290 g/mol. The van der Waals surface area contributed by atoms with Crippen LogP contribution in [-0.2, 0) is 20.7 Å². The number of ether oxygens (including phenoxy) is 2. The van der Waals surface area contributed by atoms with Crippen molar-refractivity contribution >= 4 is 5.97 Å². The van der Waals surface area contributed by atoms with Gasteiger partial charge in [0.2, 0.25) is 0 Å². The van der Waals surface area contributed by atoms with E-state index in [0.29, 0.717) is 6.61 Å². The minimum Gasteiger partial charge on any atom is -0.464 e. The molecular weight excluding hydrogens is 264 g/mol. The highest BCUT2D eigenvalue weighted by molar-refractivity contribution is 5.79. The lowest BCUT2D eigenvalue weighted by atomic mass is 10.0. The van der Waals surface area contributed by atoms with Gasteiger partial charge in [-0.25, -0.2) is 4.79 Å². The molecule has 0 amide bonds. The molecule has 1 aliphatic rings. The van der Waals surface area contributed by atoms with Crippen molar-refractivity contribution in [3.05, 3.63) is 48.6 Å². The number of hydrogen-bond donors (Lipinski definition) is 0. The highest BCUT2D eigenvalue weighted by Crippen LogP contribution is 2.33. The molecule has 0 spiro atoms. The van der Waals surface area contributed by atoms with E-state index in [1.807, 2.05) is 31.2 Å². The normalized spacial score (nSPS) is 15.7. The maximum Gasteiger partial charge on any atom is 0.338 e. The van der Waals surface area contributed by atoms with Crippen LogP contribution in [-0.4, -0.2) is 25.3 Å². The number of methoxy groups -OCH3 is 1. The third-order valence-corrected chi connectivity index (χ3v) is 3.67. The summed E-state index contributed by atoms with van der Waals surface area (Å²) < 4.78 is 10.2. The average Bonchev–Trinajstić information content (AvgIpc) is 3.00. The third-order valence-electron chi connectivity index (χ3n) is 3.67. The van der Waals surface area contributed by atoms with E-state index in [9.17, 15) is 4.79 Å². The van der Waals surface area contributed by atoms with Crippen LogP contribution in [0.1, 0.15) is 38.2 Å². The topological polar surface area (TPSA) is 35.5 Å². The van der Waals surface area contributed by atoms with E-state index in [0.717, 1.165) is 32.1 Å². The van der Waals surface area contributed by atoms with Gasteiger partial charge in [0, 0.05) is 7.11 Å². The SMILES string of the molecule is C=CCc1ccccc1.CCOC(=O)C1(OC)CCCC1. The maximum atomic E-state index is 11.5. The predicted octanol–water partition coefficient (Wildman–Crippen LogP) is 3.92. The van der Waals surface area contributed by atoms with Crippen molar-refractivity contribution < 1.29 is 14.3 Å². The zero-order valence-corrected chi connectivity index (χ0v) is 13.1. The molecule has 0 N–H and O–H groups in total. The van der Waals surface area contributed by atoms with E-state index < -0.39 is 5.60 Å². The highest BCUT2D eigenvalue weighted by atomic mass is 16.6. The van der Waals surface area contributed by atoms with E-state index in [2.05, 4.69) is 18.7 Å². The summed E-state index contributed by atoms with van der Waals surface area (Å²) in [4.78, 5) is 11.5. The molecule has 21 heavy (non-hydrogen) atoms. The van der Waals surface area contributed by atoms with E-state index in [4.69, 9.17) is 9.47 Å². The van der Waals surface area contributed by atoms with Crippen molar-refractivity contribution in [2.45, 2.75) is 44.6 Å². The van der Waals surface area contributed by atoms with Crippen LogP contribution >= 0.6 is 0 Å². The maximum absolute atomic E-state index is 11.5. The summed E-state index contributed by atoms with van der Waals surface area (Å²) in [5, 5.41) is 0. The zero-order valence-electron chi connectivity index (χ0n) is 13.1. The fourth-order valence-electron chi connectivity index (χ4n) is 2.48. The Morgan fingerprint density at radius 2 is 1.90 bits per heavy atom. The highest BCUT2D eigenvalue weighted by Gasteiger charge is 2.42. The largest absolute Gasteiger partial charge is 0.464 e. The predicted molar refractivity (Wildman–Crippen MR) is 85.2 cm³/mol. The molecular formula is C18H26O3. The van der Waals surface area contributed by atoms with E-state index in [1.54, 1.807) is 7.11 Å². The fourth-order valence-corrected chi connectivity index (χ4v) is 2.48. The Kier molecular flexibility index (Phi) is 7.76. The minimum absolute atomic E-state index is 0.190. The number of rotatable bonds is 5. The number of carbonyl (C=O) groups is 1. The third kappa shape index (κ3) is 5.35. The number of benzene rings is 1. The van der Waals surface area contributed by atoms with Crippen LogP contribution in [0.4, 0.5) is 0 Å². The van der Waals surface area contributed by atoms with Crippen LogP contribution in [0.3, 0.4) is 0 Å². The van der Waals surface area contributed by atoms with Crippen molar-refractivity contribution in [3.63, 3.8) is 0 Å². The number of allylic oxidation sites excluding steroid dienone is 1. The molecule has 1 aliphatic carbocycles. The first-order chi connectivity index (χ1) is 10.2. The Hall–Kier alpha value is -1.61. The van der Waals surface area contributed by atoms with Crippen LogP contribution in [0.15, 0.2) is 43.0 Å². The van der Waals surface area contributed by atoms with Gasteiger partial charge in [0.1, 0.15) is 0 Å². The van der Waals surface area contributed by atoms with Crippen LogP contribution in [0.25, 0.3) is 0 Å². The molecule has 0 aliphatic heterocycles. The second-order valence-electron chi connectivity index (χ2n) is 5.10. The molecule has 3 heteroatoms. The zero-order chi connectivity index (χ0) is 15.6. The summed E-state index contributed by atoms with van der Waals surface area (Å²) >= 11 is 0. The van der Waals surface area contributed by atoms with Crippen LogP contribution in [0.2, 0.25) is 0 Å². The Morgan fingerprint density at radius 3 is 2.38 bits per heavy atom. The molecule has 0 radical (unpaired) electrons. The Balaban J connectivity index is 0.000000219. The van der Waals surface area contributed by atoms with E-state index in [-0.39, 0.29) is 5.97 Å². The molecule has 0 bridgehead atoms. The van der Waals surface area contributed by atoms with Gasteiger partial charge >= 0.3 is 5.97 Å². The molecule has 0 atom stereocenters. The summed E-state index contributed by atoms with van der Waals surface area (Å²) in [6.07, 6.45) is 6.63. The molecule has 1 aromatic rings. The Labute approximate surface area is 128 Å². The fraction of sp³-hybridized carbons (Fsp3) is 0.500. The molecule has 1 saturated carbocycles. The summed E-state index contributed by atoms with van der Waals surface area (Å²) in [6.45, 7) is 5.91. The summed E-state index contributed by atoms with van der Waals surface area (Å²) in [5.74, 6) is -0.190. The van der Waals surface area contributed by atoms with Gasteiger partial charge < -0.3 is 9.47 Å². The number of esters is 1. The van der Waals surface area contributed by atoms with Gasteiger partial charge in [0.15, 0.2) is 5.60 Å². The average molecular weight is 290 g/mol. The van der Waals surface area contributed by atoms with E-state index in [1.165, 1.54) is 5.56 Å². The van der Waals surface area contributed by atoms with Crippen molar-refractivity contribution in [1.29, 1.82) is 0 Å². The molecule has 1 aromatic carbocycles. The number of carbonyl (C=O) groups excluding carboxylic acids is 1. The second-order valence-corrected chi connectivity index (χ2v) is 5.10. The van der Waals surface area contributed by atoms with Crippen molar-refractivity contribution in [2.75, 3.05) is 13.7 Å².